The van der Waals surface area contributed by atoms with Crippen LogP contribution in [0.4, 0.5) is 35.1 Å². The molecule has 0 aliphatic heterocycles. The number of benzene rings is 3. The normalized spacial score (nSPS) is 16.4. The molecule has 0 saturated carbocycles. The molecule has 0 amide bonds. The topological polar surface area (TPSA) is 47.6 Å². The lowest BCUT2D eigenvalue weighted by Gasteiger charge is -2.21. The van der Waals surface area contributed by atoms with Gasteiger partial charge >= 0.3 is 12.4 Å². The number of hydrogen-bond acceptors (Lipinski definition) is 2. The van der Waals surface area contributed by atoms with E-state index in [1.54, 1.807) is 18.2 Å². The standard InChI is InChI=1S/C30H14F8N2/c31-26-7-3-17(11-24(26)29(33,34)35)15-1-5-20-21-6-2-16(18-4-8-27(32)25(12-18)30(36,37)38)10-23(21)28(22(20)9-15)19(13-39)14-40/h1-9,11-12,16H,10H2. The molecule has 1 atom stereocenters. The lowest BCUT2D eigenvalue weighted by molar-refractivity contribution is -0.140. The van der Waals surface area contributed by atoms with Crippen LogP contribution in [0.5, 0.6) is 0 Å². The molecule has 0 spiro atoms. The molecule has 40 heavy (non-hydrogen) atoms. The summed E-state index contributed by atoms with van der Waals surface area (Å²) in [4.78, 5) is 0. The molecule has 2 nitrogen and oxygen atoms in total. The van der Waals surface area contributed by atoms with Crippen molar-refractivity contribution >= 4 is 11.1 Å². The summed E-state index contributed by atoms with van der Waals surface area (Å²) < 4.78 is 108. The molecule has 10 heteroatoms. The third kappa shape index (κ3) is 4.56. The Kier molecular flexibility index (Phi) is 6.38. The second-order valence-corrected chi connectivity index (χ2v) is 9.23. The van der Waals surface area contributed by atoms with E-state index in [-0.39, 0.29) is 34.3 Å². The Morgan fingerprint density at radius 1 is 0.725 bits per heavy atom. The highest BCUT2D eigenvalue weighted by Gasteiger charge is 2.37. The van der Waals surface area contributed by atoms with Gasteiger partial charge in [0.25, 0.3) is 0 Å². The van der Waals surface area contributed by atoms with Crippen LogP contribution >= 0.6 is 0 Å². The number of hydrogen-bond donors (Lipinski definition) is 0. The zero-order valence-electron chi connectivity index (χ0n) is 20.1. The summed E-state index contributed by atoms with van der Waals surface area (Å²) in [5.74, 6) is -3.49. The van der Waals surface area contributed by atoms with E-state index in [9.17, 15) is 45.6 Å². The second kappa shape index (κ2) is 9.49. The molecule has 3 aromatic rings. The highest BCUT2D eigenvalue weighted by atomic mass is 19.4. The average Bonchev–Trinajstić information content (AvgIpc) is 3.21. The van der Waals surface area contributed by atoms with Crippen molar-refractivity contribution in [3.8, 4) is 23.3 Å². The lowest BCUT2D eigenvalue weighted by atomic mass is 9.83. The number of allylic oxidation sites excluding steroid dienone is 6. The van der Waals surface area contributed by atoms with Gasteiger partial charge in [0.1, 0.15) is 29.3 Å². The first-order chi connectivity index (χ1) is 18.8. The van der Waals surface area contributed by atoms with Gasteiger partial charge in [-0.15, -0.1) is 0 Å². The van der Waals surface area contributed by atoms with Crippen LogP contribution in [-0.2, 0) is 12.4 Å². The summed E-state index contributed by atoms with van der Waals surface area (Å²) >= 11 is 0. The molecular formula is C30H14F8N2. The second-order valence-electron chi connectivity index (χ2n) is 9.23. The molecule has 2 aliphatic carbocycles. The summed E-state index contributed by atoms with van der Waals surface area (Å²) in [6.45, 7) is 0. The van der Waals surface area contributed by atoms with Crippen molar-refractivity contribution in [3.63, 3.8) is 0 Å². The third-order valence-corrected chi connectivity index (χ3v) is 6.93. The van der Waals surface area contributed by atoms with Gasteiger partial charge in [-0.2, -0.15) is 36.9 Å². The molecule has 0 N–H and O–H groups in total. The predicted molar refractivity (Wildman–Crippen MR) is 130 cm³/mol. The van der Waals surface area contributed by atoms with Crippen LogP contribution in [0.2, 0.25) is 0 Å². The number of halogens is 8. The van der Waals surface area contributed by atoms with E-state index in [2.05, 4.69) is 0 Å². The van der Waals surface area contributed by atoms with Crippen molar-refractivity contribution in [2.75, 3.05) is 0 Å². The van der Waals surface area contributed by atoms with Crippen molar-refractivity contribution in [1.82, 2.24) is 0 Å². The first-order valence-electron chi connectivity index (χ1n) is 11.7. The Balaban J connectivity index is 1.60. The van der Waals surface area contributed by atoms with Gasteiger partial charge in [0.15, 0.2) is 0 Å². The van der Waals surface area contributed by atoms with Gasteiger partial charge in [0, 0.05) is 11.5 Å². The molecule has 0 aromatic heterocycles. The van der Waals surface area contributed by atoms with E-state index < -0.39 is 41.0 Å². The minimum Gasteiger partial charge on any atom is -0.206 e. The van der Waals surface area contributed by atoms with Crippen molar-refractivity contribution in [3.05, 3.63) is 117 Å². The van der Waals surface area contributed by atoms with Crippen molar-refractivity contribution in [2.45, 2.75) is 24.7 Å². The zero-order valence-corrected chi connectivity index (χ0v) is 20.1. The number of nitrogens with zero attached hydrogens (tertiary/aromatic N) is 2. The molecule has 0 fully saturated rings. The maximum absolute atomic E-state index is 13.9. The van der Waals surface area contributed by atoms with Gasteiger partial charge in [-0.05, 0) is 75.7 Å². The highest BCUT2D eigenvalue weighted by Crippen LogP contribution is 2.51. The highest BCUT2D eigenvalue weighted by molar-refractivity contribution is 6.06. The fourth-order valence-corrected chi connectivity index (χ4v) is 5.09. The molecule has 2 aliphatic rings. The first-order valence-corrected chi connectivity index (χ1v) is 11.7. The van der Waals surface area contributed by atoms with E-state index >= 15 is 0 Å². The maximum atomic E-state index is 13.9. The van der Waals surface area contributed by atoms with E-state index in [0.29, 0.717) is 34.4 Å². The van der Waals surface area contributed by atoms with E-state index in [4.69, 9.17) is 0 Å². The van der Waals surface area contributed by atoms with E-state index in [0.717, 1.165) is 12.1 Å². The smallest absolute Gasteiger partial charge is 0.206 e. The van der Waals surface area contributed by atoms with E-state index in [1.165, 1.54) is 24.3 Å². The van der Waals surface area contributed by atoms with Gasteiger partial charge in [-0.3, -0.25) is 0 Å². The number of alkyl halides is 6. The predicted octanol–water partition coefficient (Wildman–Crippen LogP) is 8.98. The van der Waals surface area contributed by atoms with E-state index in [1.807, 2.05) is 12.1 Å². The Labute approximate surface area is 222 Å². The third-order valence-electron chi connectivity index (χ3n) is 6.93. The van der Waals surface area contributed by atoms with Crippen LogP contribution < -0.4 is 0 Å². The van der Waals surface area contributed by atoms with Crippen LogP contribution in [-0.4, -0.2) is 0 Å². The zero-order chi connectivity index (χ0) is 29.0. The number of nitriles is 2. The van der Waals surface area contributed by atoms with Crippen LogP contribution in [0.3, 0.4) is 0 Å². The molecule has 3 aromatic carbocycles. The SMILES string of the molecule is N#CC(C#N)=C1C2=C(C=CC(c3ccc(F)c(C(F)(F)F)c3)C2)c2ccc(-c3ccc(F)c(C(F)(F)F)c3)cc21. The molecule has 0 radical (unpaired) electrons. The van der Waals surface area contributed by atoms with Crippen LogP contribution in [0, 0.1) is 34.3 Å². The van der Waals surface area contributed by atoms with Crippen molar-refractivity contribution in [1.29, 1.82) is 10.5 Å². The van der Waals surface area contributed by atoms with Crippen LogP contribution in [0.15, 0.2) is 77.9 Å². The summed E-state index contributed by atoms with van der Waals surface area (Å²) in [5.41, 5.74) is -0.411. The molecule has 200 valence electrons. The summed E-state index contributed by atoms with van der Waals surface area (Å²) in [5, 5.41) is 19.4. The fourth-order valence-electron chi connectivity index (χ4n) is 5.09. The molecular weight excluding hydrogens is 540 g/mol. The quantitative estimate of drug-likeness (QED) is 0.235. The minimum absolute atomic E-state index is 0.0515. The largest absolute Gasteiger partial charge is 0.419 e. The maximum Gasteiger partial charge on any atom is 0.419 e. The Bertz CT molecular complexity index is 1730. The van der Waals surface area contributed by atoms with Crippen molar-refractivity contribution < 1.29 is 35.1 Å². The molecule has 0 heterocycles. The lowest BCUT2D eigenvalue weighted by Crippen LogP contribution is -2.10. The fraction of sp³-hybridized carbons (Fsp3) is 0.133. The molecule has 0 saturated heterocycles. The Morgan fingerprint density at radius 2 is 1.30 bits per heavy atom. The monoisotopic (exact) mass is 554 g/mol. The number of fused-ring (bicyclic) bond motifs is 2. The molecule has 1 unspecified atom stereocenters. The van der Waals surface area contributed by atoms with Gasteiger partial charge in [0.05, 0.1) is 11.1 Å². The Morgan fingerprint density at radius 3 is 1.93 bits per heavy atom. The first kappa shape index (κ1) is 26.9. The van der Waals surface area contributed by atoms with Crippen LogP contribution in [0.1, 0.15) is 40.2 Å². The van der Waals surface area contributed by atoms with Gasteiger partial charge in [-0.1, -0.05) is 36.4 Å². The van der Waals surface area contributed by atoms with Gasteiger partial charge in [0.2, 0.25) is 0 Å². The molecule has 0 bridgehead atoms. The van der Waals surface area contributed by atoms with Crippen LogP contribution in [0.25, 0.3) is 22.3 Å². The van der Waals surface area contributed by atoms with Gasteiger partial charge < -0.3 is 0 Å². The summed E-state index contributed by atoms with van der Waals surface area (Å²) in [7, 11) is 0. The minimum atomic E-state index is -4.93. The molecule has 5 rings (SSSR count). The Hall–Kier alpha value is -4.70. The van der Waals surface area contributed by atoms with Crippen molar-refractivity contribution in [2.24, 2.45) is 0 Å². The summed E-state index contributed by atoms with van der Waals surface area (Å²) in [6, 6.07) is 13.5. The summed E-state index contributed by atoms with van der Waals surface area (Å²) in [6.07, 6.45) is -6.48. The van der Waals surface area contributed by atoms with Gasteiger partial charge in [-0.25, -0.2) is 8.78 Å². The average molecular weight is 554 g/mol. The number of rotatable bonds is 2.